The minimum absolute atomic E-state index is 0.974. The molecule has 0 N–H and O–H groups in total. The maximum atomic E-state index is 2.53. The first kappa shape index (κ1) is 6.94. The van der Waals surface area contributed by atoms with E-state index < -0.39 is 0 Å². The molecule has 1 unspecified atom stereocenters. The van der Waals surface area contributed by atoms with Gasteiger partial charge in [0.15, 0.2) is 0 Å². The lowest BCUT2D eigenvalue weighted by molar-refractivity contribution is 0.624. The molecule has 0 aromatic rings. The zero-order valence-electron chi connectivity index (χ0n) is 7.60. The van der Waals surface area contributed by atoms with Crippen molar-refractivity contribution < 1.29 is 0 Å². The van der Waals surface area contributed by atoms with E-state index in [1.165, 1.54) is 44.9 Å². The molecular formula is C12H16. The lowest BCUT2D eigenvalue weighted by Gasteiger charge is -2.19. The fourth-order valence-corrected chi connectivity index (χ4v) is 3.22. The van der Waals surface area contributed by atoms with Crippen LogP contribution in [0.3, 0.4) is 0 Å². The molecule has 0 aromatic carbocycles. The zero-order valence-corrected chi connectivity index (χ0v) is 7.60. The number of hydrogen-bond acceptors (Lipinski definition) is 0. The molecule has 0 nitrogen and oxygen atoms in total. The van der Waals surface area contributed by atoms with Gasteiger partial charge in [0.25, 0.3) is 0 Å². The van der Waals surface area contributed by atoms with Gasteiger partial charge >= 0.3 is 0 Å². The summed E-state index contributed by atoms with van der Waals surface area (Å²) in [5.41, 5.74) is 5.39. The quantitative estimate of drug-likeness (QED) is 0.508. The molecule has 0 heteroatoms. The molecule has 0 aromatic heterocycles. The molecule has 3 aliphatic carbocycles. The average Bonchev–Trinajstić information content (AvgIpc) is 2.71. The lowest BCUT2D eigenvalue weighted by atomic mass is 9.86. The monoisotopic (exact) mass is 160 g/mol. The molecule has 0 saturated heterocycles. The van der Waals surface area contributed by atoms with Crippen LogP contribution in [-0.2, 0) is 0 Å². The fourth-order valence-electron chi connectivity index (χ4n) is 3.22. The summed E-state index contributed by atoms with van der Waals surface area (Å²) in [6.07, 6.45) is 12.5. The van der Waals surface area contributed by atoms with Crippen LogP contribution in [0.25, 0.3) is 0 Å². The number of fused-ring (bicyclic) bond motifs is 2. The van der Waals surface area contributed by atoms with E-state index in [0.717, 1.165) is 5.92 Å². The van der Waals surface area contributed by atoms with Gasteiger partial charge in [-0.05, 0) is 62.0 Å². The summed E-state index contributed by atoms with van der Waals surface area (Å²) in [5.74, 6) is 0.974. The van der Waals surface area contributed by atoms with Crippen LogP contribution in [-0.4, -0.2) is 0 Å². The van der Waals surface area contributed by atoms with Gasteiger partial charge in [0.2, 0.25) is 0 Å². The van der Waals surface area contributed by atoms with Crippen LogP contribution in [0, 0.1) is 5.92 Å². The van der Waals surface area contributed by atoms with E-state index in [-0.39, 0.29) is 0 Å². The highest BCUT2D eigenvalue weighted by molar-refractivity contribution is 5.43. The van der Waals surface area contributed by atoms with Crippen molar-refractivity contribution in [2.24, 2.45) is 5.92 Å². The zero-order chi connectivity index (χ0) is 7.97. The third kappa shape index (κ3) is 0.840. The van der Waals surface area contributed by atoms with Gasteiger partial charge in [0.05, 0.1) is 0 Å². The summed E-state index contributed by atoms with van der Waals surface area (Å²) in [5, 5.41) is 0. The van der Waals surface area contributed by atoms with Gasteiger partial charge in [-0.15, -0.1) is 0 Å². The molecule has 2 saturated carbocycles. The van der Waals surface area contributed by atoms with Crippen LogP contribution in [0.1, 0.15) is 44.9 Å². The van der Waals surface area contributed by atoms with E-state index in [4.69, 9.17) is 0 Å². The maximum Gasteiger partial charge on any atom is -0.0162 e. The van der Waals surface area contributed by atoms with Crippen molar-refractivity contribution in [3.8, 4) is 0 Å². The van der Waals surface area contributed by atoms with Crippen molar-refractivity contribution in [1.29, 1.82) is 0 Å². The van der Waals surface area contributed by atoms with E-state index in [2.05, 4.69) is 6.08 Å². The van der Waals surface area contributed by atoms with Gasteiger partial charge in [0, 0.05) is 0 Å². The summed E-state index contributed by atoms with van der Waals surface area (Å²) in [4.78, 5) is 0. The first-order valence-electron chi connectivity index (χ1n) is 5.36. The third-order valence-corrected chi connectivity index (χ3v) is 3.79. The molecular weight excluding hydrogens is 144 g/mol. The number of hydrogen-bond donors (Lipinski definition) is 0. The van der Waals surface area contributed by atoms with Crippen molar-refractivity contribution in [1.82, 2.24) is 0 Å². The van der Waals surface area contributed by atoms with Gasteiger partial charge in [-0.25, -0.2) is 0 Å². The van der Waals surface area contributed by atoms with Crippen LogP contribution >= 0.6 is 0 Å². The Morgan fingerprint density at radius 1 is 1.08 bits per heavy atom. The van der Waals surface area contributed by atoms with Crippen LogP contribution in [0.2, 0.25) is 0 Å². The summed E-state index contributed by atoms with van der Waals surface area (Å²) >= 11 is 0. The molecule has 2 fully saturated rings. The second-order valence-corrected chi connectivity index (χ2v) is 4.41. The van der Waals surface area contributed by atoms with E-state index in [1.54, 1.807) is 11.1 Å². The molecule has 64 valence electrons. The van der Waals surface area contributed by atoms with Gasteiger partial charge in [0.1, 0.15) is 0 Å². The van der Waals surface area contributed by atoms with Crippen LogP contribution < -0.4 is 0 Å². The maximum absolute atomic E-state index is 2.53. The first-order valence-corrected chi connectivity index (χ1v) is 5.36. The van der Waals surface area contributed by atoms with E-state index >= 15 is 0 Å². The molecule has 0 heterocycles. The molecule has 0 bridgehead atoms. The molecule has 1 atom stereocenters. The van der Waals surface area contributed by atoms with Crippen LogP contribution in [0.5, 0.6) is 0 Å². The largest absolute Gasteiger partial charge is 0.0804 e. The molecule has 0 spiro atoms. The van der Waals surface area contributed by atoms with Crippen molar-refractivity contribution in [3.05, 3.63) is 22.8 Å². The summed E-state index contributed by atoms with van der Waals surface area (Å²) in [7, 11) is 0. The Balaban J connectivity index is 2.06. The minimum Gasteiger partial charge on any atom is -0.0804 e. The minimum atomic E-state index is 0.974. The average molecular weight is 160 g/mol. The van der Waals surface area contributed by atoms with Crippen molar-refractivity contribution in [2.75, 3.05) is 0 Å². The fraction of sp³-hybridized carbons (Fsp3) is 0.667. The Morgan fingerprint density at radius 2 is 2.08 bits per heavy atom. The lowest BCUT2D eigenvalue weighted by Crippen LogP contribution is -2.03. The molecule has 0 radical (unpaired) electrons. The van der Waals surface area contributed by atoms with E-state index in [9.17, 15) is 0 Å². The van der Waals surface area contributed by atoms with Crippen LogP contribution in [0.15, 0.2) is 22.8 Å². The predicted molar refractivity (Wildman–Crippen MR) is 50.9 cm³/mol. The number of allylic oxidation sites excluding steroid dienone is 4. The second kappa shape index (κ2) is 2.48. The van der Waals surface area contributed by atoms with Gasteiger partial charge < -0.3 is 0 Å². The highest BCUT2D eigenvalue weighted by Crippen LogP contribution is 2.46. The van der Waals surface area contributed by atoms with Gasteiger partial charge in [-0.1, -0.05) is 11.6 Å². The third-order valence-electron chi connectivity index (χ3n) is 3.79. The molecule has 3 aliphatic rings. The summed E-state index contributed by atoms with van der Waals surface area (Å²) < 4.78 is 0. The SMILES string of the molecule is C1=C2CCCC2=C2CCCC2C1. The highest BCUT2D eigenvalue weighted by Gasteiger charge is 2.29. The van der Waals surface area contributed by atoms with Gasteiger partial charge in [-0.2, -0.15) is 0 Å². The summed E-state index contributed by atoms with van der Waals surface area (Å²) in [6.45, 7) is 0. The second-order valence-electron chi connectivity index (χ2n) is 4.41. The Kier molecular flexibility index (Phi) is 1.44. The topological polar surface area (TPSA) is 0 Å². The highest BCUT2D eigenvalue weighted by atomic mass is 14.3. The molecule has 3 rings (SSSR count). The van der Waals surface area contributed by atoms with Gasteiger partial charge in [-0.3, -0.25) is 0 Å². The standard InChI is InChI=1S/C12H16/c1-3-9-7-8-10-4-2-6-12(10)11(9)5-1/h7,10H,1-6,8H2. The normalized spacial score (nSPS) is 33.3. The molecule has 0 aliphatic heterocycles. The molecule has 0 amide bonds. The first-order chi connectivity index (χ1) is 5.95. The Labute approximate surface area is 74.4 Å². The van der Waals surface area contributed by atoms with Crippen molar-refractivity contribution >= 4 is 0 Å². The van der Waals surface area contributed by atoms with Crippen molar-refractivity contribution in [3.63, 3.8) is 0 Å². The van der Waals surface area contributed by atoms with Crippen molar-refractivity contribution in [2.45, 2.75) is 44.9 Å². The smallest absolute Gasteiger partial charge is 0.0162 e. The van der Waals surface area contributed by atoms with Crippen LogP contribution in [0.4, 0.5) is 0 Å². The van der Waals surface area contributed by atoms with E-state index in [0.29, 0.717) is 0 Å². The summed E-state index contributed by atoms with van der Waals surface area (Å²) in [6, 6.07) is 0. The Morgan fingerprint density at radius 3 is 3.08 bits per heavy atom. The van der Waals surface area contributed by atoms with E-state index in [1.807, 2.05) is 5.57 Å². The predicted octanol–water partition coefficient (Wildman–Crippen LogP) is 3.60. The Hall–Kier alpha value is -0.520. The molecule has 12 heavy (non-hydrogen) atoms. The Bertz CT molecular complexity index is 268. The number of rotatable bonds is 0.